The molecule has 1 unspecified atom stereocenters. The second-order valence-corrected chi connectivity index (χ2v) is 7.46. The van der Waals surface area contributed by atoms with Crippen molar-refractivity contribution in [1.29, 1.82) is 0 Å². The van der Waals surface area contributed by atoms with Crippen LogP contribution < -0.4 is 0 Å². The maximum Gasteiger partial charge on any atom is 0.435 e. The molecule has 0 aliphatic carbocycles. The molecule has 156 valence electrons. The van der Waals surface area contributed by atoms with Crippen LogP contribution in [0.1, 0.15) is 34.7 Å². The van der Waals surface area contributed by atoms with Crippen LogP contribution in [0, 0.1) is 11.6 Å². The highest BCUT2D eigenvalue weighted by molar-refractivity contribution is 5.62. The van der Waals surface area contributed by atoms with Crippen LogP contribution in [0.4, 0.5) is 22.0 Å². The second-order valence-electron chi connectivity index (χ2n) is 7.46. The smallest absolute Gasteiger partial charge is 0.302 e. The number of hydrogen-bond donors (Lipinski definition) is 0. The van der Waals surface area contributed by atoms with Crippen molar-refractivity contribution in [3.8, 4) is 11.3 Å². The molecule has 2 aromatic carbocycles. The van der Waals surface area contributed by atoms with E-state index in [2.05, 4.69) is 10.2 Å². The molecule has 0 radical (unpaired) electrons. The van der Waals surface area contributed by atoms with Crippen LogP contribution in [0.2, 0.25) is 0 Å². The van der Waals surface area contributed by atoms with Crippen molar-refractivity contribution in [2.75, 3.05) is 13.6 Å². The van der Waals surface area contributed by atoms with E-state index >= 15 is 4.39 Å². The number of nitrogens with zero attached hydrogens (tertiary/aromatic N) is 3. The van der Waals surface area contributed by atoms with Crippen LogP contribution in [0.5, 0.6) is 0 Å². The molecule has 1 aliphatic rings. The molecule has 2 heterocycles. The van der Waals surface area contributed by atoms with Crippen molar-refractivity contribution < 1.29 is 22.0 Å². The fourth-order valence-electron chi connectivity index (χ4n) is 3.87. The summed E-state index contributed by atoms with van der Waals surface area (Å²) in [7, 11) is 1.92. The third-order valence-electron chi connectivity index (χ3n) is 5.33. The van der Waals surface area contributed by atoms with E-state index in [1.807, 2.05) is 11.9 Å². The minimum absolute atomic E-state index is 0.162. The van der Waals surface area contributed by atoms with Gasteiger partial charge in [0.05, 0.1) is 5.69 Å². The molecule has 30 heavy (non-hydrogen) atoms. The van der Waals surface area contributed by atoms with E-state index < -0.39 is 17.7 Å². The Balaban J connectivity index is 1.77. The lowest BCUT2D eigenvalue weighted by molar-refractivity contribution is -0.141. The molecule has 1 aromatic heterocycles. The van der Waals surface area contributed by atoms with Crippen LogP contribution in [0.3, 0.4) is 0 Å². The summed E-state index contributed by atoms with van der Waals surface area (Å²) >= 11 is 0. The zero-order chi connectivity index (χ0) is 21.5. The summed E-state index contributed by atoms with van der Waals surface area (Å²) in [4.78, 5) is 2.05. The normalized spacial score (nSPS) is 17.5. The Labute approximate surface area is 170 Å². The van der Waals surface area contributed by atoms with Crippen LogP contribution in [-0.4, -0.2) is 28.7 Å². The van der Waals surface area contributed by atoms with Gasteiger partial charge in [0.25, 0.3) is 0 Å². The minimum Gasteiger partial charge on any atom is -0.302 e. The van der Waals surface area contributed by atoms with Gasteiger partial charge in [-0.25, -0.2) is 8.78 Å². The summed E-state index contributed by atoms with van der Waals surface area (Å²) in [5.74, 6) is -1.08. The van der Waals surface area contributed by atoms with Crippen molar-refractivity contribution in [2.45, 2.75) is 25.1 Å². The second kappa shape index (κ2) is 7.75. The van der Waals surface area contributed by atoms with Gasteiger partial charge < -0.3 is 4.90 Å². The van der Waals surface area contributed by atoms with Crippen LogP contribution in [0.25, 0.3) is 11.3 Å². The van der Waals surface area contributed by atoms with Crippen LogP contribution >= 0.6 is 0 Å². The molecule has 3 nitrogen and oxygen atoms in total. The first-order valence-electron chi connectivity index (χ1n) is 9.40. The number of halogens is 5. The van der Waals surface area contributed by atoms with Gasteiger partial charge in [-0.2, -0.15) is 13.2 Å². The van der Waals surface area contributed by atoms with E-state index in [1.165, 1.54) is 24.3 Å². The Morgan fingerprint density at radius 1 is 0.967 bits per heavy atom. The quantitative estimate of drug-likeness (QED) is 0.521. The first-order chi connectivity index (χ1) is 14.2. The van der Waals surface area contributed by atoms with Gasteiger partial charge in [0.15, 0.2) is 5.69 Å². The molecule has 0 bridgehead atoms. The molecule has 3 aromatic rings. The van der Waals surface area contributed by atoms with Crippen molar-refractivity contribution in [1.82, 2.24) is 15.1 Å². The Morgan fingerprint density at radius 3 is 2.33 bits per heavy atom. The van der Waals surface area contributed by atoms with Crippen LogP contribution in [0.15, 0.2) is 48.5 Å². The Bertz CT molecular complexity index is 1050. The van der Waals surface area contributed by atoms with E-state index in [0.717, 1.165) is 17.2 Å². The Hall–Kier alpha value is -2.87. The fourth-order valence-corrected chi connectivity index (χ4v) is 3.87. The highest BCUT2D eigenvalue weighted by Gasteiger charge is 2.33. The van der Waals surface area contributed by atoms with Gasteiger partial charge in [-0.15, -0.1) is 10.2 Å². The third-order valence-corrected chi connectivity index (χ3v) is 5.33. The third kappa shape index (κ3) is 4.05. The minimum atomic E-state index is -4.59. The van der Waals surface area contributed by atoms with Gasteiger partial charge in [0.2, 0.25) is 0 Å². The highest BCUT2D eigenvalue weighted by atomic mass is 19.4. The summed E-state index contributed by atoms with van der Waals surface area (Å²) in [5.41, 5.74) is 1.48. The largest absolute Gasteiger partial charge is 0.435 e. The first kappa shape index (κ1) is 20.4. The maximum atomic E-state index is 15.3. The number of fused-ring (bicyclic) bond motifs is 1. The summed E-state index contributed by atoms with van der Waals surface area (Å²) in [6.07, 6.45) is -3.93. The van der Waals surface area contributed by atoms with Crippen LogP contribution in [-0.2, 0) is 12.7 Å². The first-order valence-corrected chi connectivity index (χ1v) is 9.40. The zero-order valence-electron chi connectivity index (χ0n) is 16.0. The number of rotatable bonds is 2. The molecule has 0 amide bonds. The molecular weight excluding hydrogens is 401 g/mol. The zero-order valence-corrected chi connectivity index (χ0v) is 16.0. The van der Waals surface area contributed by atoms with Gasteiger partial charge in [0, 0.05) is 18.0 Å². The molecule has 0 N–H and O–H groups in total. The van der Waals surface area contributed by atoms with E-state index in [9.17, 15) is 17.6 Å². The van der Waals surface area contributed by atoms with Gasteiger partial charge in [-0.05, 0) is 73.1 Å². The van der Waals surface area contributed by atoms with Gasteiger partial charge in [0.1, 0.15) is 11.6 Å². The van der Waals surface area contributed by atoms with Gasteiger partial charge >= 0.3 is 6.18 Å². The number of hydrogen-bond acceptors (Lipinski definition) is 3. The van der Waals surface area contributed by atoms with Crippen molar-refractivity contribution in [3.63, 3.8) is 0 Å². The lowest BCUT2D eigenvalue weighted by atomic mass is 9.85. The lowest BCUT2D eigenvalue weighted by Crippen LogP contribution is -2.17. The summed E-state index contributed by atoms with van der Waals surface area (Å²) < 4.78 is 66.8. The van der Waals surface area contributed by atoms with E-state index in [4.69, 9.17) is 0 Å². The molecule has 1 aliphatic heterocycles. The van der Waals surface area contributed by atoms with Crippen molar-refractivity contribution >= 4 is 0 Å². The van der Waals surface area contributed by atoms with E-state index in [-0.39, 0.29) is 17.4 Å². The topological polar surface area (TPSA) is 29.0 Å². The monoisotopic (exact) mass is 419 g/mol. The number of benzene rings is 2. The van der Waals surface area contributed by atoms with E-state index in [1.54, 1.807) is 18.2 Å². The van der Waals surface area contributed by atoms with Gasteiger partial charge in [-0.3, -0.25) is 0 Å². The fraction of sp³-hybridized carbons (Fsp3) is 0.273. The lowest BCUT2D eigenvalue weighted by Gasteiger charge is -2.19. The van der Waals surface area contributed by atoms with E-state index in [0.29, 0.717) is 30.6 Å². The summed E-state index contributed by atoms with van der Waals surface area (Å²) in [6.45, 7) is 1.19. The molecule has 0 fully saturated rings. The Kier molecular flexibility index (Phi) is 5.27. The summed E-state index contributed by atoms with van der Waals surface area (Å²) in [6, 6.07) is 11.1. The maximum absolute atomic E-state index is 15.3. The molecule has 0 saturated heterocycles. The standard InChI is InChI=1S/C22H18F5N3/c1-30-9-8-17(13-2-4-16(23)5-3-13)21-15(12-30)10-14(11-18(21)24)19-6-7-20(29-28-19)22(25,26)27/h2-7,10-11,17H,8-9,12H2,1H3. The predicted octanol–water partition coefficient (Wildman–Crippen LogP) is 5.41. The SMILES string of the molecule is CN1CCC(c2ccc(F)cc2)c2c(F)cc(-c3ccc(C(F)(F)F)nn3)cc2C1. The average molecular weight is 419 g/mol. The Morgan fingerprint density at radius 2 is 1.70 bits per heavy atom. The number of alkyl halides is 3. The highest BCUT2D eigenvalue weighted by Crippen LogP contribution is 2.38. The molecule has 1 atom stereocenters. The van der Waals surface area contributed by atoms with Crippen molar-refractivity contribution in [2.24, 2.45) is 0 Å². The molecule has 0 saturated carbocycles. The molecule has 8 heteroatoms. The predicted molar refractivity (Wildman–Crippen MR) is 102 cm³/mol. The average Bonchev–Trinajstić information content (AvgIpc) is 2.86. The number of aromatic nitrogens is 2. The molecule has 4 rings (SSSR count). The molecule has 0 spiro atoms. The van der Waals surface area contributed by atoms with Gasteiger partial charge in [-0.1, -0.05) is 12.1 Å². The summed E-state index contributed by atoms with van der Waals surface area (Å²) in [5, 5.41) is 6.87. The van der Waals surface area contributed by atoms with Crippen molar-refractivity contribution in [3.05, 3.63) is 82.5 Å². The molecular formula is C22H18F5N3.